The molecule has 0 atom stereocenters. The zero-order valence-corrected chi connectivity index (χ0v) is 8.67. The van der Waals surface area contributed by atoms with Crippen LogP contribution in [0.3, 0.4) is 0 Å². The van der Waals surface area contributed by atoms with E-state index in [-0.39, 0.29) is 17.7 Å². The summed E-state index contributed by atoms with van der Waals surface area (Å²) < 4.78 is 24.8. The highest BCUT2D eigenvalue weighted by Crippen LogP contribution is 2.10. The van der Waals surface area contributed by atoms with E-state index in [1.807, 2.05) is 0 Å². The van der Waals surface area contributed by atoms with Crippen LogP contribution >= 0.6 is 12.4 Å². The lowest BCUT2D eigenvalue weighted by Gasteiger charge is -2.21. The molecule has 1 heterocycles. The predicted octanol–water partition coefficient (Wildman–Crippen LogP) is -0.291. The lowest BCUT2D eigenvalue weighted by atomic mass is 10.2. The third-order valence-electron chi connectivity index (χ3n) is 2.01. The maximum Gasteiger partial charge on any atom is 0.214 e. The number of hydrogen-bond donors (Lipinski definition) is 2. The van der Waals surface area contributed by atoms with Crippen molar-refractivity contribution in [1.82, 2.24) is 10.0 Å². The van der Waals surface area contributed by atoms with E-state index in [1.165, 1.54) is 7.05 Å². The van der Waals surface area contributed by atoms with Gasteiger partial charge in [-0.25, -0.2) is 13.1 Å². The highest BCUT2D eigenvalue weighted by Gasteiger charge is 2.24. The Hall–Kier alpha value is 0.160. The molecule has 0 amide bonds. The number of halogens is 1. The standard InChI is InChI=1S/C6H14N2O2S.ClH/c1-7-11(9,10)6-2-4-8-5-3-6;/h6-8H,2-5H2,1H3;1H. The van der Waals surface area contributed by atoms with Crippen LogP contribution in [0.4, 0.5) is 0 Å². The minimum Gasteiger partial charge on any atom is -0.317 e. The van der Waals surface area contributed by atoms with Gasteiger partial charge in [0.25, 0.3) is 0 Å². The second-order valence-corrected chi connectivity index (χ2v) is 4.86. The Morgan fingerprint density at radius 1 is 1.33 bits per heavy atom. The molecule has 1 saturated heterocycles. The van der Waals surface area contributed by atoms with Crippen LogP contribution in [-0.4, -0.2) is 33.8 Å². The molecule has 0 saturated carbocycles. The van der Waals surface area contributed by atoms with Crippen LogP contribution in [-0.2, 0) is 10.0 Å². The molecule has 1 rings (SSSR count). The van der Waals surface area contributed by atoms with E-state index < -0.39 is 10.0 Å². The van der Waals surface area contributed by atoms with Crippen molar-refractivity contribution < 1.29 is 8.42 Å². The molecule has 0 aliphatic carbocycles. The van der Waals surface area contributed by atoms with E-state index >= 15 is 0 Å². The second-order valence-electron chi connectivity index (χ2n) is 2.70. The van der Waals surface area contributed by atoms with Crippen LogP contribution in [0.25, 0.3) is 0 Å². The van der Waals surface area contributed by atoms with Gasteiger partial charge in [-0.1, -0.05) is 0 Å². The quantitative estimate of drug-likeness (QED) is 0.664. The number of nitrogens with one attached hydrogen (secondary N) is 2. The van der Waals surface area contributed by atoms with Crippen LogP contribution in [0.5, 0.6) is 0 Å². The van der Waals surface area contributed by atoms with Gasteiger partial charge >= 0.3 is 0 Å². The maximum atomic E-state index is 11.2. The van der Waals surface area contributed by atoms with E-state index in [2.05, 4.69) is 10.0 Å². The molecule has 1 aliphatic heterocycles. The van der Waals surface area contributed by atoms with Gasteiger partial charge in [-0.05, 0) is 33.0 Å². The first kappa shape index (κ1) is 12.2. The van der Waals surface area contributed by atoms with Crippen molar-refractivity contribution in [1.29, 1.82) is 0 Å². The summed E-state index contributed by atoms with van der Waals surface area (Å²) in [6, 6.07) is 0. The Labute approximate surface area is 79.6 Å². The molecular formula is C6H15ClN2O2S. The van der Waals surface area contributed by atoms with Gasteiger partial charge in [0, 0.05) is 0 Å². The summed E-state index contributed by atoms with van der Waals surface area (Å²) in [6.45, 7) is 1.62. The van der Waals surface area contributed by atoms with Crippen LogP contribution in [0.1, 0.15) is 12.8 Å². The van der Waals surface area contributed by atoms with Gasteiger partial charge in [-0.3, -0.25) is 0 Å². The molecule has 0 bridgehead atoms. The fourth-order valence-electron chi connectivity index (χ4n) is 1.27. The topological polar surface area (TPSA) is 58.2 Å². The molecule has 1 aliphatic rings. The van der Waals surface area contributed by atoms with Crippen LogP contribution in [0, 0.1) is 0 Å². The number of rotatable bonds is 2. The van der Waals surface area contributed by atoms with Crippen molar-refractivity contribution in [3.05, 3.63) is 0 Å². The molecule has 0 unspecified atom stereocenters. The fraction of sp³-hybridized carbons (Fsp3) is 1.00. The molecular weight excluding hydrogens is 200 g/mol. The number of sulfonamides is 1. The van der Waals surface area contributed by atoms with Crippen molar-refractivity contribution >= 4 is 22.4 Å². The Morgan fingerprint density at radius 2 is 1.83 bits per heavy atom. The summed E-state index contributed by atoms with van der Waals surface area (Å²) in [6.07, 6.45) is 1.45. The minimum atomic E-state index is -3.01. The van der Waals surface area contributed by atoms with Gasteiger partial charge in [0.1, 0.15) is 0 Å². The van der Waals surface area contributed by atoms with Gasteiger partial charge in [-0.15, -0.1) is 12.4 Å². The summed E-state index contributed by atoms with van der Waals surface area (Å²) in [5.41, 5.74) is 0. The summed E-state index contributed by atoms with van der Waals surface area (Å²) in [7, 11) is -1.54. The van der Waals surface area contributed by atoms with E-state index in [4.69, 9.17) is 0 Å². The first-order valence-corrected chi connectivity index (χ1v) is 5.34. The molecule has 6 heteroatoms. The molecule has 0 aromatic carbocycles. The Morgan fingerprint density at radius 3 is 2.25 bits per heavy atom. The minimum absolute atomic E-state index is 0. The van der Waals surface area contributed by atoms with E-state index in [1.54, 1.807) is 0 Å². The van der Waals surface area contributed by atoms with Crippen molar-refractivity contribution in [2.45, 2.75) is 18.1 Å². The third-order valence-corrected chi connectivity index (χ3v) is 3.93. The third kappa shape index (κ3) is 2.90. The van der Waals surface area contributed by atoms with Gasteiger partial charge in [0.2, 0.25) is 10.0 Å². The smallest absolute Gasteiger partial charge is 0.214 e. The van der Waals surface area contributed by atoms with Crippen molar-refractivity contribution in [2.75, 3.05) is 20.1 Å². The average molecular weight is 215 g/mol. The molecule has 0 aromatic heterocycles. The van der Waals surface area contributed by atoms with Crippen LogP contribution in [0.15, 0.2) is 0 Å². The molecule has 2 N–H and O–H groups in total. The van der Waals surface area contributed by atoms with Gasteiger partial charge in [-0.2, -0.15) is 0 Å². The molecule has 12 heavy (non-hydrogen) atoms. The van der Waals surface area contributed by atoms with Gasteiger partial charge in [0.15, 0.2) is 0 Å². The van der Waals surface area contributed by atoms with Gasteiger partial charge < -0.3 is 5.32 Å². The Bertz CT molecular complexity index is 212. The highest BCUT2D eigenvalue weighted by molar-refractivity contribution is 7.90. The second kappa shape index (κ2) is 5.01. The Balaban J connectivity index is 0.00000121. The fourth-order valence-corrected chi connectivity index (χ4v) is 2.46. The van der Waals surface area contributed by atoms with Crippen molar-refractivity contribution in [3.63, 3.8) is 0 Å². The summed E-state index contributed by atoms with van der Waals surface area (Å²) >= 11 is 0. The monoisotopic (exact) mass is 214 g/mol. The SMILES string of the molecule is CNS(=O)(=O)C1CCNCC1.Cl. The largest absolute Gasteiger partial charge is 0.317 e. The number of hydrogen-bond acceptors (Lipinski definition) is 3. The predicted molar refractivity (Wildman–Crippen MR) is 51.1 cm³/mol. The zero-order chi connectivity index (χ0) is 8.32. The molecule has 4 nitrogen and oxygen atoms in total. The van der Waals surface area contributed by atoms with Crippen LogP contribution < -0.4 is 10.0 Å². The normalized spacial score (nSPS) is 20.1. The average Bonchev–Trinajstić information content (AvgIpc) is 2.06. The van der Waals surface area contributed by atoms with E-state index in [0.29, 0.717) is 0 Å². The molecule has 0 spiro atoms. The molecule has 0 radical (unpaired) electrons. The highest BCUT2D eigenvalue weighted by atomic mass is 35.5. The van der Waals surface area contributed by atoms with Crippen molar-refractivity contribution in [3.8, 4) is 0 Å². The van der Waals surface area contributed by atoms with Gasteiger partial charge in [0.05, 0.1) is 5.25 Å². The van der Waals surface area contributed by atoms with Crippen molar-refractivity contribution in [2.24, 2.45) is 0 Å². The molecule has 1 fully saturated rings. The van der Waals surface area contributed by atoms with Crippen LogP contribution in [0.2, 0.25) is 0 Å². The number of piperidine rings is 1. The lowest BCUT2D eigenvalue weighted by molar-refractivity contribution is 0.492. The summed E-state index contributed by atoms with van der Waals surface area (Å²) in [5.74, 6) is 0. The Kier molecular flexibility index (Phi) is 5.08. The first-order valence-electron chi connectivity index (χ1n) is 3.80. The maximum absolute atomic E-state index is 11.2. The summed E-state index contributed by atoms with van der Waals surface area (Å²) in [4.78, 5) is 0. The first-order chi connectivity index (χ1) is 5.17. The molecule has 74 valence electrons. The van der Waals surface area contributed by atoms with E-state index in [0.717, 1.165) is 25.9 Å². The van der Waals surface area contributed by atoms with E-state index in [9.17, 15) is 8.42 Å². The molecule has 0 aromatic rings. The zero-order valence-electron chi connectivity index (χ0n) is 7.04. The summed E-state index contributed by atoms with van der Waals surface area (Å²) in [5, 5.41) is 2.93. The lowest BCUT2D eigenvalue weighted by Crippen LogP contribution is -2.40.